The molecule has 0 radical (unpaired) electrons. The molecule has 0 fully saturated rings. The van der Waals surface area contributed by atoms with E-state index in [0.717, 1.165) is 63.4 Å². The maximum atomic E-state index is 10.2. The van der Waals surface area contributed by atoms with E-state index < -0.39 is 6.10 Å². The summed E-state index contributed by atoms with van der Waals surface area (Å²) in [5, 5.41) is 16.0. The first kappa shape index (κ1) is 19.6. The quantitative estimate of drug-likeness (QED) is 0.451. The molecule has 0 saturated carbocycles. The Hall–Kier alpha value is -2.66. The van der Waals surface area contributed by atoms with Crippen LogP contribution in [-0.4, -0.2) is 19.7 Å². The van der Waals surface area contributed by atoms with Gasteiger partial charge in [-0.05, 0) is 52.5 Å². The molecule has 0 amide bonds. The Labute approximate surface area is 171 Å². The predicted molar refractivity (Wildman–Crippen MR) is 116 cm³/mol. The number of imidazole rings is 1. The second-order valence-electron chi connectivity index (χ2n) is 7.97. The SMILES string of the molecule is CCC(CC)c1cc(C)nn2c(-c3c(C)oc4c([C@H](C)O)cccc34)c(C)nc12. The number of aromatic nitrogens is 3. The largest absolute Gasteiger partial charge is 0.460 e. The monoisotopic (exact) mass is 391 g/mol. The Morgan fingerprint density at radius 3 is 2.48 bits per heavy atom. The fourth-order valence-corrected chi connectivity index (χ4v) is 4.48. The van der Waals surface area contributed by atoms with E-state index in [-0.39, 0.29) is 0 Å². The first-order valence-electron chi connectivity index (χ1n) is 10.4. The highest BCUT2D eigenvalue weighted by atomic mass is 16.3. The van der Waals surface area contributed by atoms with Crippen molar-refractivity contribution < 1.29 is 9.52 Å². The minimum Gasteiger partial charge on any atom is -0.460 e. The number of aliphatic hydroxyl groups excluding tert-OH is 1. The summed E-state index contributed by atoms with van der Waals surface area (Å²) in [5.74, 6) is 1.27. The molecule has 0 unspecified atom stereocenters. The molecule has 1 N–H and O–H groups in total. The van der Waals surface area contributed by atoms with Gasteiger partial charge in [0, 0.05) is 16.5 Å². The van der Waals surface area contributed by atoms with Crippen molar-refractivity contribution in [3.05, 3.63) is 52.5 Å². The Kier molecular flexibility index (Phi) is 4.95. The average Bonchev–Trinajstić information content (AvgIpc) is 3.17. The van der Waals surface area contributed by atoms with E-state index in [4.69, 9.17) is 14.5 Å². The summed E-state index contributed by atoms with van der Waals surface area (Å²) in [6, 6.07) is 8.10. The van der Waals surface area contributed by atoms with Gasteiger partial charge in [0.2, 0.25) is 0 Å². The standard InChI is InChI=1S/C24H29N3O2/c1-7-17(8-2)20-12-13(3)26-27-22(14(4)25-24(20)27)21-16(6)29-23-18(15(5)28)10-9-11-19(21)23/h9-12,15,17,28H,7-8H2,1-6H3/t15-/m0/s1. The number of hydrogen-bond acceptors (Lipinski definition) is 4. The topological polar surface area (TPSA) is 63.6 Å². The van der Waals surface area contributed by atoms with Gasteiger partial charge >= 0.3 is 0 Å². The zero-order valence-electron chi connectivity index (χ0n) is 18.1. The van der Waals surface area contributed by atoms with Gasteiger partial charge < -0.3 is 9.52 Å². The summed E-state index contributed by atoms with van der Waals surface area (Å²) in [5.41, 5.74) is 7.60. The molecule has 0 aliphatic heterocycles. The summed E-state index contributed by atoms with van der Waals surface area (Å²) in [6.45, 7) is 12.3. The molecule has 0 bridgehead atoms. The average molecular weight is 392 g/mol. The summed E-state index contributed by atoms with van der Waals surface area (Å²) in [4.78, 5) is 4.94. The molecule has 3 heterocycles. The smallest absolute Gasteiger partial charge is 0.157 e. The van der Waals surface area contributed by atoms with Crippen LogP contribution >= 0.6 is 0 Å². The number of benzene rings is 1. The Bertz CT molecular complexity index is 1200. The highest BCUT2D eigenvalue weighted by Gasteiger charge is 2.25. The van der Waals surface area contributed by atoms with Gasteiger partial charge in [0.1, 0.15) is 11.3 Å². The van der Waals surface area contributed by atoms with Gasteiger partial charge in [0.15, 0.2) is 5.65 Å². The third-order valence-electron chi connectivity index (χ3n) is 5.94. The fraction of sp³-hybridized carbons (Fsp3) is 0.417. The fourth-order valence-electron chi connectivity index (χ4n) is 4.48. The molecule has 29 heavy (non-hydrogen) atoms. The first-order chi connectivity index (χ1) is 13.9. The Morgan fingerprint density at radius 2 is 1.83 bits per heavy atom. The van der Waals surface area contributed by atoms with Crippen LogP contribution < -0.4 is 0 Å². The van der Waals surface area contributed by atoms with Gasteiger partial charge in [-0.25, -0.2) is 9.50 Å². The number of rotatable bonds is 5. The van der Waals surface area contributed by atoms with Crippen LogP contribution in [0.2, 0.25) is 0 Å². The van der Waals surface area contributed by atoms with Gasteiger partial charge in [-0.3, -0.25) is 0 Å². The van der Waals surface area contributed by atoms with E-state index in [1.165, 1.54) is 5.56 Å². The van der Waals surface area contributed by atoms with Crippen LogP contribution in [0.4, 0.5) is 0 Å². The lowest BCUT2D eigenvalue weighted by Crippen LogP contribution is -2.05. The molecule has 0 aliphatic rings. The first-order valence-corrected chi connectivity index (χ1v) is 10.4. The summed E-state index contributed by atoms with van der Waals surface area (Å²) >= 11 is 0. The van der Waals surface area contributed by atoms with Gasteiger partial charge in [-0.15, -0.1) is 0 Å². The summed E-state index contributed by atoms with van der Waals surface area (Å²) < 4.78 is 8.13. The van der Waals surface area contributed by atoms with Crippen molar-refractivity contribution in [2.45, 2.75) is 66.4 Å². The van der Waals surface area contributed by atoms with Crippen molar-refractivity contribution in [2.75, 3.05) is 0 Å². The molecule has 5 heteroatoms. The van der Waals surface area contributed by atoms with Gasteiger partial charge in [0.05, 0.1) is 28.7 Å². The number of aryl methyl sites for hydroxylation is 3. The van der Waals surface area contributed by atoms with E-state index in [2.05, 4.69) is 19.9 Å². The zero-order valence-corrected chi connectivity index (χ0v) is 18.1. The number of aliphatic hydroxyl groups is 1. The van der Waals surface area contributed by atoms with Crippen molar-refractivity contribution in [1.29, 1.82) is 0 Å². The van der Waals surface area contributed by atoms with Gasteiger partial charge in [-0.1, -0.05) is 32.0 Å². The molecule has 0 aliphatic carbocycles. The lowest BCUT2D eigenvalue weighted by Gasteiger charge is -2.14. The number of fused-ring (bicyclic) bond motifs is 2. The van der Waals surface area contributed by atoms with Crippen LogP contribution in [0.5, 0.6) is 0 Å². The summed E-state index contributed by atoms with van der Waals surface area (Å²) in [7, 11) is 0. The third-order valence-corrected chi connectivity index (χ3v) is 5.94. The second kappa shape index (κ2) is 7.30. The number of para-hydroxylation sites is 1. The molecule has 152 valence electrons. The third kappa shape index (κ3) is 3.04. The lowest BCUT2D eigenvalue weighted by atomic mass is 9.95. The van der Waals surface area contributed by atoms with E-state index >= 15 is 0 Å². The molecular weight excluding hydrogens is 362 g/mol. The van der Waals surface area contributed by atoms with Gasteiger partial charge in [0.25, 0.3) is 0 Å². The minimum absolute atomic E-state index is 0.456. The van der Waals surface area contributed by atoms with Crippen LogP contribution in [0.15, 0.2) is 28.7 Å². The highest BCUT2D eigenvalue weighted by molar-refractivity contribution is 5.97. The molecule has 4 aromatic rings. The van der Waals surface area contributed by atoms with E-state index in [0.29, 0.717) is 5.92 Å². The second-order valence-corrected chi connectivity index (χ2v) is 7.97. The molecule has 4 rings (SSSR count). The molecule has 1 atom stereocenters. The van der Waals surface area contributed by atoms with E-state index in [1.807, 2.05) is 43.5 Å². The molecular formula is C24H29N3O2. The molecule has 1 aromatic carbocycles. The molecule has 3 aromatic heterocycles. The van der Waals surface area contributed by atoms with Crippen LogP contribution in [0.25, 0.3) is 27.9 Å². The van der Waals surface area contributed by atoms with Crippen molar-refractivity contribution >= 4 is 16.6 Å². The maximum absolute atomic E-state index is 10.2. The number of hydrogen-bond donors (Lipinski definition) is 1. The van der Waals surface area contributed by atoms with Crippen molar-refractivity contribution in [1.82, 2.24) is 14.6 Å². The predicted octanol–water partition coefficient (Wildman–Crippen LogP) is 6.02. The molecule has 0 saturated heterocycles. The van der Waals surface area contributed by atoms with Gasteiger partial charge in [-0.2, -0.15) is 5.10 Å². The van der Waals surface area contributed by atoms with Crippen LogP contribution in [0, 0.1) is 20.8 Å². The Morgan fingerprint density at radius 1 is 1.10 bits per heavy atom. The van der Waals surface area contributed by atoms with Crippen molar-refractivity contribution in [2.24, 2.45) is 0 Å². The van der Waals surface area contributed by atoms with Crippen molar-refractivity contribution in [3.63, 3.8) is 0 Å². The number of nitrogens with zero attached hydrogens (tertiary/aromatic N) is 3. The molecule has 0 spiro atoms. The van der Waals surface area contributed by atoms with Crippen molar-refractivity contribution in [3.8, 4) is 11.3 Å². The lowest BCUT2D eigenvalue weighted by molar-refractivity contribution is 0.199. The zero-order chi connectivity index (χ0) is 20.9. The van der Waals surface area contributed by atoms with Crippen LogP contribution in [0.3, 0.4) is 0 Å². The van der Waals surface area contributed by atoms with E-state index in [1.54, 1.807) is 6.92 Å². The van der Waals surface area contributed by atoms with Crippen LogP contribution in [-0.2, 0) is 0 Å². The minimum atomic E-state index is -0.595. The van der Waals surface area contributed by atoms with Crippen LogP contribution in [0.1, 0.15) is 73.9 Å². The maximum Gasteiger partial charge on any atom is 0.157 e. The summed E-state index contributed by atoms with van der Waals surface area (Å²) in [6.07, 6.45) is 1.55. The molecule has 5 nitrogen and oxygen atoms in total. The normalized spacial score (nSPS) is 13.1. The Balaban J connectivity index is 2.07. The number of furan rings is 1. The van der Waals surface area contributed by atoms with E-state index in [9.17, 15) is 5.11 Å². The highest BCUT2D eigenvalue weighted by Crippen LogP contribution is 2.40.